The van der Waals surface area contributed by atoms with Gasteiger partial charge in [0, 0.05) is 32.0 Å². The van der Waals surface area contributed by atoms with E-state index < -0.39 is 0 Å². The molecule has 1 aromatic rings. The number of halogens is 2. The summed E-state index contributed by atoms with van der Waals surface area (Å²) in [6.45, 7) is 1.39. The second kappa shape index (κ2) is 5.91. The zero-order valence-electron chi connectivity index (χ0n) is 9.90. The highest BCUT2D eigenvalue weighted by Gasteiger charge is 2.28. The van der Waals surface area contributed by atoms with Gasteiger partial charge < -0.3 is 10.0 Å². The van der Waals surface area contributed by atoms with Crippen molar-refractivity contribution in [2.75, 3.05) is 19.7 Å². The minimum absolute atomic E-state index is 0.0784. The Labute approximate surface area is 116 Å². The van der Waals surface area contributed by atoms with Crippen molar-refractivity contribution in [2.24, 2.45) is 5.92 Å². The summed E-state index contributed by atoms with van der Waals surface area (Å²) in [6.07, 6.45) is 1.21. The molecule has 1 aromatic carbocycles. The van der Waals surface area contributed by atoms with E-state index in [2.05, 4.69) is 0 Å². The largest absolute Gasteiger partial charge is 0.396 e. The number of hydrogen-bond acceptors (Lipinski definition) is 2. The van der Waals surface area contributed by atoms with Crippen LogP contribution in [0.2, 0.25) is 10.0 Å². The number of likely N-dealkylation sites (tertiary alicyclic amines) is 1. The quantitative estimate of drug-likeness (QED) is 0.924. The van der Waals surface area contributed by atoms with E-state index in [0.717, 1.165) is 12.0 Å². The van der Waals surface area contributed by atoms with Crippen LogP contribution in [-0.4, -0.2) is 35.6 Å². The lowest BCUT2D eigenvalue weighted by molar-refractivity contribution is -0.127. The van der Waals surface area contributed by atoms with Crippen molar-refractivity contribution in [1.29, 1.82) is 0 Å². The molecule has 1 amide bonds. The van der Waals surface area contributed by atoms with E-state index in [1.807, 2.05) is 12.1 Å². The fraction of sp³-hybridized carbons (Fsp3) is 0.462. The van der Waals surface area contributed by atoms with Crippen LogP contribution < -0.4 is 0 Å². The van der Waals surface area contributed by atoms with Crippen molar-refractivity contribution in [3.63, 3.8) is 0 Å². The SMILES string of the molecule is O=C1CC(CO)CN1CCc1ccc(Cl)c(Cl)c1. The first kappa shape index (κ1) is 13.7. The number of carbonyl (C=O) groups excluding carboxylic acids is 1. The molecule has 0 saturated carbocycles. The predicted octanol–water partition coefficient (Wildman–Crippen LogP) is 2.38. The lowest BCUT2D eigenvalue weighted by Crippen LogP contribution is -2.27. The van der Waals surface area contributed by atoms with E-state index in [-0.39, 0.29) is 18.4 Å². The molecule has 18 heavy (non-hydrogen) atoms. The highest BCUT2D eigenvalue weighted by molar-refractivity contribution is 6.42. The number of aliphatic hydroxyl groups excluding tert-OH is 1. The third kappa shape index (κ3) is 3.16. The highest BCUT2D eigenvalue weighted by atomic mass is 35.5. The van der Waals surface area contributed by atoms with Crippen LogP contribution in [0.1, 0.15) is 12.0 Å². The van der Waals surface area contributed by atoms with Crippen molar-refractivity contribution in [1.82, 2.24) is 4.90 Å². The average Bonchev–Trinajstić information content (AvgIpc) is 2.72. The maximum atomic E-state index is 11.7. The van der Waals surface area contributed by atoms with Gasteiger partial charge in [0.1, 0.15) is 0 Å². The zero-order valence-corrected chi connectivity index (χ0v) is 11.4. The van der Waals surface area contributed by atoms with Crippen LogP contribution in [0.3, 0.4) is 0 Å². The Morgan fingerprint density at radius 1 is 1.33 bits per heavy atom. The number of hydrogen-bond donors (Lipinski definition) is 1. The molecule has 0 spiro atoms. The first-order valence-electron chi connectivity index (χ1n) is 5.92. The maximum Gasteiger partial charge on any atom is 0.223 e. The molecule has 1 unspecified atom stereocenters. The Kier molecular flexibility index (Phi) is 4.49. The third-order valence-corrected chi connectivity index (χ3v) is 3.95. The Morgan fingerprint density at radius 3 is 2.72 bits per heavy atom. The van der Waals surface area contributed by atoms with E-state index in [4.69, 9.17) is 28.3 Å². The topological polar surface area (TPSA) is 40.5 Å². The Balaban J connectivity index is 1.91. The number of amides is 1. The van der Waals surface area contributed by atoms with Crippen molar-refractivity contribution < 1.29 is 9.90 Å². The van der Waals surface area contributed by atoms with E-state index >= 15 is 0 Å². The first-order valence-corrected chi connectivity index (χ1v) is 6.68. The van der Waals surface area contributed by atoms with Crippen LogP contribution >= 0.6 is 23.2 Å². The lowest BCUT2D eigenvalue weighted by atomic mass is 10.1. The summed E-state index contributed by atoms with van der Waals surface area (Å²) < 4.78 is 0. The molecule has 1 aliphatic heterocycles. The van der Waals surface area contributed by atoms with E-state index in [1.165, 1.54) is 0 Å². The van der Waals surface area contributed by atoms with Gasteiger partial charge in [-0.2, -0.15) is 0 Å². The number of aliphatic hydroxyl groups is 1. The van der Waals surface area contributed by atoms with Crippen LogP contribution in [-0.2, 0) is 11.2 Å². The van der Waals surface area contributed by atoms with Gasteiger partial charge in [0.05, 0.1) is 10.0 Å². The fourth-order valence-electron chi connectivity index (χ4n) is 2.15. The van der Waals surface area contributed by atoms with Gasteiger partial charge in [-0.05, 0) is 24.1 Å². The number of rotatable bonds is 4. The molecule has 3 nitrogen and oxygen atoms in total. The summed E-state index contributed by atoms with van der Waals surface area (Å²) in [4.78, 5) is 13.4. The summed E-state index contributed by atoms with van der Waals surface area (Å²) in [5.74, 6) is 0.209. The Bertz CT molecular complexity index is 451. The number of carbonyl (C=O) groups is 1. The minimum Gasteiger partial charge on any atom is -0.396 e. The number of nitrogens with zero attached hydrogens (tertiary/aromatic N) is 1. The molecule has 0 aliphatic carbocycles. The summed E-state index contributed by atoms with van der Waals surface area (Å²) in [5, 5.41) is 10.1. The minimum atomic E-state index is 0.0784. The van der Waals surface area contributed by atoms with Gasteiger partial charge in [0.25, 0.3) is 0 Å². The predicted molar refractivity (Wildman–Crippen MR) is 71.9 cm³/mol. The monoisotopic (exact) mass is 287 g/mol. The van der Waals surface area contributed by atoms with Gasteiger partial charge in [-0.1, -0.05) is 29.3 Å². The van der Waals surface area contributed by atoms with Crippen LogP contribution in [0.25, 0.3) is 0 Å². The average molecular weight is 288 g/mol. The van der Waals surface area contributed by atoms with Crippen molar-refractivity contribution in [2.45, 2.75) is 12.8 Å². The summed E-state index contributed by atoms with van der Waals surface area (Å²) >= 11 is 11.8. The third-order valence-electron chi connectivity index (χ3n) is 3.21. The van der Waals surface area contributed by atoms with Gasteiger partial charge in [-0.25, -0.2) is 0 Å². The molecule has 2 rings (SSSR count). The molecule has 1 N–H and O–H groups in total. The second-order valence-corrected chi connectivity index (χ2v) is 5.41. The van der Waals surface area contributed by atoms with E-state index in [1.54, 1.807) is 11.0 Å². The molecule has 0 radical (unpaired) electrons. The molecule has 98 valence electrons. The molecule has 1 heterocycles. The van der Waals surface area contributed by atoms with Gasteiger partial charge in [0.2, 0.25) is 5.91 Å². The van der Waals surface area contributed by atoms with Gasteiger partial charge >= 0.3 is 0 Å². The van der Waals surface area contributed by atoms with Gasteiger partial charge in [0.15, 0.2) is 0 Å². The Hall–Kier alpha value is -0.770. The fourth-order valence-corrected chi connectivity index (χ4v) is 2.47. The summed E-state index contributed by atoms with van der Waals surface area (Å²) in [5.41, 5.74) is 1.06. The molecule has 0 bridgehead atoms. The molecular weight excluding hydrogens is 273 g/mol. The number of benzene rings is 1. The van der Waals surface area contributed by atoms with Crippen LogP contribution in [0.4, 0.5) is 0 Å². The summed E-state index contributed by atoms with van der Waals surface area (Å²) in [7, 11) is 0. The van der Waals surface area contributed by atoms with Crippen molar-refractivity contribution >= 4 is 29.1 Å². The lowest BCUT2D eigenvalue weighted by Gasteiger charge is -2.16. The van der Waals surface area contributed by atoms with Crippen LogP contribution in [0.5, 0.6) is 0 Å². The Morgan fingerprint density at radius 2 is 2.11 bits per heavy atom. The van der Waals surface area contributed by atoms with Crippen LogP contribution in [0.15, 0.2) is 18.2 Å². The van der Waals surface area contributed by atoms with Gasteiger partial charge in [-0.3, -0.25) is 4.79 Å². The van der Waals surface area contributed by atoms with Crippen LogP contribution in [0, 0.1) is 5.92 Å². The molecule has 1 atom stereocenters. The molecule has 5 heteroatoms. The molecule has 1 aliphatic rings. The first-order chi connectivity index (χ1) is 8.60. The van der Waals surface area contributed by atoms with Crippen molar-refractivity contribution in [3.05, 3.63) is 33.8 Å². The molecule has 1 fully saturated rings. The zero-order chi connectivity index (χ0) is 13.1. The van der Waals surface area contributed by atoms with E-state index in [0.29, 0.717) is 29.6 Å². The second-order valence-electron chi connectivity index (χ2n) is 4.59. The maximum absolute atomic E-state index is 11.7. The van der Waals surface area contributed by atoms with Gasteiger partial charge in [-0.15, -0.1) is 0 Å². The molecule has 0 aromatic heterocycles. The molecule has 1 saturated heterocycles. The van der Waals surface area contributed by atoms with Crippen molar-refractivity contribution in [3.8, 4) is 0 Å². The molecular formula is C13H15Cl2NO2. The smallest absolute Gasteiger partial charge is 0.223 e. The normalized spacial score (nSPS) is 19.6. The van der Waals surface area contributed by atoms with E-state index in [9.17, 15) is 4.79 Å². The highest BCUT2D eigenvalue weighted by Crippen LogP contribution is 2.23. The standard InChI is InChI=1S/C13H15Cl2NO2/c14-11-2-1-9(5-12(11)15)3-4-16-7-10(8-17)6-13(16)18/h1-2,5,10,17H,3-4,6-8H2. The summed E-state index contributed by atoms with van der Waals surface area (Å²) in [6, 6.07) is 5.51.